The lowest BCUT2D eigenvalue weighted by Gasteiger charge is -2.07. The van der Waals surface area contributed by atoms with Crippen LogP contribution in [0.25, 0.3) is 10.9 Å². The molecule has 6 heteroatoms. The van der Waals surface area contributed by atoms with Crippen molar-refractivity contribution in [1.29, 1.82) is 0 Å². The van der Waals surface area contributed by atoms with Crippen LogP contribution in [-0.2, 0) is 0 Å². The van der Waals surface area contributed by atoms with Crippen molar-refractivity contribution in [3.8, 4) is 5.75 Å². The van der Waals surface area contributed by atoms with Crippen molar-refractivity contribution in [3.05, 3.63) is 33.9 Å². The highest BCUT2D eigenvalue weighted by molar-refractivity contribution is 6.39. The normalized spacial score (nSPS) is 10.6. The molecular weight excluding hydrogens is 275 g/mol. The minimum absolute atomic E-state index is 0.105. The number of carbonyl (C=O) groups is 1. The molecule has 0 atom stereocenters. The molecule has 94 valence electrons. The zero-order valence-electron chi connectivity index (χ0n) is 9.50. The number of benzene rings is 1. The van der Waals surface area contributed by atoms with Crippen molar-refractivity contribution in [1.82, 2.24) is 10.3 Å². The van der Waals surface area contributed by atoms with Crippen molar-refractivity contribution in [2.75, 3.05) is 6.54 Å². The maximum Gasteiger partial charge on any atom is 0.269 e. The maximum absolute atomic E-state index is 11.6. The van der Waals surface area contributed by atoms with Crippen LogP contribution >= 0.6 is 23.2 Å². The van der Waals surface area contributed by atoms with Crippen LogP contribution in [-0.4, -0.2) is 22.5 Å². The average Bonchev–Trinajstić information content (AvgIpc) is 2.36. The lowest BCUT2D eigenvalue weighted by Crippen LogP contribution is -2.23. The number of carbonyl (C=O) groups excluding carboxylic acids is 1. The lowest BCUT2D eigenvalue weighted by atomic mass is 10.2. The Balaban J connectivity index is 2.64. The largest absolute Gasteiger partial charge is 0.504 e. The van der Waals surface area contributed by atoms with Gasteiger partial charge in [0.2, 0.25) is 0 Å². The highest BCUT2D eigenvalue weighted by atomic mass is 35.5. The second-order valence-electron chi connectivity index (χ2n) is 3.64. The summed E-state index contributed by atoms with van der Waals surface area (Å²) in [6, 6.07) is 4.62. The molecule has 2 aromatic rings. The summed E-state index contributed by atoms with van der Waals surface area (Å²) in [5.41, 5.74) is 0.425. The zero-order valence-corrected chi connectivity index (χ0v) is 11.0. The van der Waals surface area contributed by atoms with E-state index in [1.807, 2.05) is 6.92 Å². The summed E-state index contributed by atoms with van der Waals surface area (Å²) < 4.78 is 0. The van der Waals surface area contributed by atoms with Crippen LogP contribution in [0.3, 0.4) is 0 Å². The second-order valence-corrected chi connectivity index (χ2v) is 4.46. The van der Waals surface area contributed by atoms with Gasteiger partial charge in [-0.3, -0.25) is 4.79 Å². The molecule has 0 spiro atoms. The first-order chi connectivity index (χ1) is 8.54. The smallest absolute Gasteiger partial charge is 0.269 e. The number of amides is 1. The maximum atomic E-state index is 11.6. The first-order valence-electron chi connectivity index (χ1n) is 5.30. The number of aromatic hydroxyl groups is 1. The molecule has 1 aromatic heterocycles. The summed E-state index contributed by atoms with van der Waals surface area (Å²) in [6.07, 6.45) is 0. The lowest BCUT2D eigenvalue weighted by molar-refractivity contribution is 0.0951. The Morgan fingerprint density at radius 3 is 2.78 bits per heavy atom. The van der Waals surface area contributed by atoms with Crippen LogP contribution in [0.1, 0.15) is 17.4 Å². The molecule has 0 saturated carbocycles. The Labute approximate surface area is 114 Å². The Kier molecular flexibility index (Phi) is 3.59. The zero-order chi connectivity index (χ0) is 13.3. The third-order valence-corrected chi connectivity index (χ3v) is 3.03. The number of nitrogens with one attached hydrogen (secondary N) is 1. The highest BCUT2D eigenvalue weighted by Crippen LogP contribution is 2.36. The first-order valence-corrected chi connectivity index (χ1v) is 6.06. The predicted molar refractivity (Wildman–Crippen MR) is 71.4 cm³/mol. The number of phenols is 1. The molecule has 1 amide bonds. The van der Waals surface area contributed by atoms with E-state index in [1.165, 1.54) is 6.07 Å². The van der Waals surface area contributed by atoms with Gasteiger partial charge in [0, 0.05) is 11.9 Å². The van der Waals surface area contributed by atoms with E-state index >= 15 is 0 Å². The van der Waals surface area contributed by atoms with Crippen LogP contribution in [0.4, 0.5) is 0 Å². The van der Waals surface area contributed by atoms with Gasteiger partial charge in [-0.1, -0.05) is 23.2 Å². The summed E-state index contributed by atoms with van der Waals surface area (Å²) >= 11 is 11.8. The molecule has 0 saturated heterocycles. The van der Waals surface area contributed by atoms with Crippen LogP contribution in [0.15, 0.2) is 18.2 Å². The monoisotopic (exact) mass is 284 g/mol. The third kappa shape index (κ3) is 2.21. The van der Waals surface area contributed by atoms with Gasteiger partial charge in [0.1, 0.15) is 11.2 Å². The van der Waals surface area contributed by atoms with Gasteiger partial charge in [-0.15, -0.1) is 0 Å². The predicted octanol–water partition coefficient (Wildman–Crippen LogP) is 3.00. The van der Waals surface area contributed by atoms with E-state index in [0.717, 1.165) is 0 Å². The molecule has 0 aliphatic carbocycles. The van der Waals surface area contributed by atoms with Crippen LogP contribution < -0.4 is 5.32 Å². The fourth-order valence-electron chi connectivity index (χ4n) is 1.58. The van der Waals surface area contributed by atoms with Gasteiger partial charge in [0.25, 0.3) is 5.91 Å². The number of aromatic nitrogens is 1. The highest BCUT2D eigenvalue weighted by Gasteiger charge is 2.13. The summed E-state index contributed by atoms with van der Waals surface area (Å²) in [7, 11) is 0. The number of phenolic OH excluding ortho intramolecular Hbond substituents is 1. The van der Waals surface area contributed by atoms with Gasteiger partial charge in [0.05, 0.1) is 10.0 Å². The number of hydrogen-bond donors (Lipinski definition) is 2. The van der Waals surface area contributed by atoms with Crippen LogP contribution in [0.5, 0.6) is 5.75 Å². The summed E-state index contributed by atoms with van der Waals surface area (Å²) in [4.78, 5) is 15.7. The standard InChI is InChI=1S/C12H10Cl2N2O2/c1-2-15-12(18)9-4-3-6-7(13)5-8(14)11(17)10(6)16-9/h3-5,17H,2H2,1H3,(H,15,18). The van der Waals surface area contributed by atoms with Crippen LogP contribution in [0, 0.1) is 0 Å². The first kappa shape index (κ1) is 12.9. The van der Waals surface area contributed by atoms with Crippen molar-refractivity contribution in [2.24, 2.45) is 0 Å². The Bertz CT molecular complexity index is 629. The quantitative estimate of drug-likeness (QED) is 0.891. The van der Waals surface area contributed by atoms with Gasteiger partial charge in [-0.05, 0) is 25.1 Å². The second kappa shape index (κ2) is 5.00. The van der Waals surface area contributed by atoms with Gasteiger partial charge in [-0.25, -0.2) is 4.98 Å². The number of rotatable bonds is 2. The summed E-state index contributed by atoms with van der Waals surface area (Å²) in [5.74, 6) is -0.489. The fraction of sp³-hybridized carbons (Fsp3) is 0.167. The SMILES string of the molecule is CCNC(=O)c1ccc2c(Cl)cc(Cl)c(O)c2n1. The van der Waals surface area contributed by atoms with Crippen molar-refractivity contribution in [2.45, 2.75) is 6.92 Å². The van der Waals surface area contributed by atoms with Crippen molar-refractivity contribution < 1.29 is 9.90 Å². The molecule has 2 rings (SSSR count). The molecule has 0 fully saturated rings. The Morgan fingerprint density at radius 1 is 1.39 bits per heavy atom. The van der Waals surface area contributed by atoms with Gasteiger partial charge in [0.15, 0.2) is 5.75 Å². The van der Waals surface area contributed by atoms with E-state index in [0.29, 0.717) is 17.0 Å². The Morgan fingerprint density at radius 2 is 2.11 bits per heavy atom. The molecule has 0 aliphatic rings. The minimum atomic E-state index is -0.310. The number of nitrogens with zero attached hydrogens (tertiary/aromatic N) is 1. The van der Waals surface area contributed by atoms with E-state index in [2.05, 4.69) is 10.3 Å². The summed E-state index contributed by atoms with van der Waals surface area (Å²) in [6.45, 7) is 2.31. The van der Waals surface area contributed by atoms with Gasteiger partial charge in [-0.2, -0.15) is 0 Å². The molecular formula is C12H10Cl2N2O2. The van der Waals surface area contributed by atoms with E-state index in [-0.39, 0.29) is 27.9 Å². The van der Waals surface area contributed by atoms with E-state index in [4.69, 9.17) is 23.2 Å². The average molecular weight is 285 g/mol. The molecule has 4 nitrogen and oxygen atoms in total. The van der Waals surface area contributed by atoms with Crippen molar-refractivity contribution in [3.63, 3.8) is 0 Å². The Hall–Kier alpha value is -1.52. The van der Waals surface area contributed by atoms with E-state index < -0.39 is 0 Å². The molecule has 0 bridgehead atoms. The van der Waals surface area contributed by atoms with Crippen LogP contribution in [0.2, 0.25) is 10.0 Å². The molecule has 1 aromatic carbocycles. The van der Waals surface area contributed by atoms with Crippen molar-refractivity contribution >= 4 is 40.0 Å². The number of hydrogen-bond acceptors (Lipinski definition) is 3. The fourth-order valence-corrected chi connectivity index (χ4v) is 2.10. The van der Waals surface area contributed by atoms with Gasteiger partial charge >= 0.3 is 0 Å². The molecule has 18 heavy (non-hydrogen) atoms. The molecule has 0 radical (unpaired) electrons. The topological polar surface area (TPSA) is 62.2 Å². The third-order valence-electron chi connectivity index (χ3n) is 2.43. The number of halogens is 2. The van der Waals surface area contributed by atoms with E-state index in [9.17, 15) is 9.90 Å². The number of fused-ring (bicyclic) bond motifs is 1. The molecule has 0 aliphatic heterocycles. The number of pyridine rings is 1. The summed E-state index contributed by atoms with van der Waals surface area (Å²) in [5, 5.41) is 13.5. The minimum Gasteiger partial charge on any atom is -0.504 e. The van der Waals surface area contributed by atoms with Gasteiger partial charge < -0.3 is 10.4 Å². The molecule has 0 unspecified atom stereocenters. The van der Waals surface area contributed by atoms with E-state index in [1.54, 1.807) is 12.1 Å². The molecule has 2 N–H and O–H groups in total. The molecule has 1 heterocycles.